The van der Waals surface area contributed by atoms with Crippen molar-refractivity contribution in [1.82, 2.24) is 0 Å². The summed E-state index contributed by atoms with van der Waals surface area (Å²) in [6, 6.07) is 9.74. The van der Waals surface area contributed by atoms with E-state index >= 15 is 4.79 Å². The summed E-state index contributed by atoms with van der Waals surface area (Å²) in [5, 5.41) is -0.0774. The number of carbonyl (C=O) groups excluding carboxylic acids is 2. The standard InChI is InChI=1S/C47H64O13Si2/c1-25-21-28-32-37(31(25)39-40-41(49)46(24-55-46)47(56-39,57-40)42(52-13)53-14)59-62(44(5,6)7,45(8,9)10)60-38(32)34-33(36(28)51-12)29(54-23-26-17-19-27(50-11)20-18-26)22-30(35(34)48)58-61(15,16)43(2,3)4/h17-21,29-30,39-40,42H,22-24H2,1-16H3/t29-,30-,39+,40+,46-,47+/m0/s1. The molecule has 3 aromatic rings. The van der Waals surface area contributed by atoms with Crippen molar-refractivity contribution in [1.29, 1.82) is 0 Å². The normalized spacial score (nSPS) is 27.8. The minimum atomic E-state index is -3.58. The molecule has 338 valence electrons. The summed E-state index contributed by atoms with van der Waals surface area (Å²) in [5.74, 6) is -0.0244. The monoisotopic (exact) mass is 892 g/mol. The smallest absolute Gasteiger partial charge is 0.471 e. The lowest BCUT2D eigenvalue weighted by Gasteiger charge is -2.52. The van der Waals surface area contributed by atoms with Crippen molar-refractivity contribution in [2.24, 2.45) is 0 Å². The molecule has 0 saturated carbocycles. The van der Waals surface area contributed by atoms with Crippen LogP contribution in [0.25, 0.3) is 10.8 Å². The average Bonchev–Trinajstić information content (AvgIpc) is 3.86. The zero-order valence-electron chi connectivity index (χ0n) is 39.2. The maximum atomic E-state index is 15.6. The van der Waals surface area contributed by atoms with Gasteiger partial charge in [-0.25, -0.2) is 0 Å². The van der Waals surface area contributed by atoms with Gasteiger partial charge in [-0.3, -0.25) is 9.59 Å². The first-order valence-electron chi connectivity index (χ1n) is 21.5. The molecule has 0 N–H and O–H groups in total. The number of rotatable bonds is 11. The van der Waals surface area contributed by atoms with Crippen molar-refractivity contribution in [2.45, 2.75) is 153 Å². The maximum Gasteiger partial charge on any atom is 0.471 e. The molecular formula is C47H64O13Si2. The molecule has 5 aliphatic rings. The third-order valence-electron chi connectivity index (χ3n) is 14.1. The van der Waals surface area contributed by atoms with E-state index in [4.69, 9.17) is 51.2 Å². The fraction of sp³-hybridized carbons (Fsp3) is 0.617. The van der Waals surface area contributed by atoms with Crippen LogP contribution in [0, 0.1) is 6.92 Å². The molecule has 1 aliphatic carbocycles. The Balaban J connectivity index is 1.41. The molecule has 0 unspecified atom stereocenters. The number of hydrogen-bond donors (Lipinski definition) is 0. The Kier molecular flexibility index (Phi) is 10.8. The van der Waals surface area contributed by atoms with E-state index < -0.39 is 69.0 Å². The van der Waals surface area contributed by atoms with Crippen LogP contribution >= 0.6 is 0 Å². The quantitative estimate of drug-likeness (QED) is 0.103. The molecule has 2 bridgehead atoms. The zero-order valence-corrected chi connectivity index (χ0v) is 41.2. The average molecular weight is 893 g/mol. The Hall–Kier alpha value is -3.39. The lowest BCUT2D eigenvalue weighted by Crippen LogP contribution is -2.64. The molecule has 4 heterocycles. The Morgan fingerprint density at radius 1 is 0.823 bits per heavy atom. The van der Waals surface area contributed by atoms with Gasteiger partial charge in [0.25, 0.3) is 5.79 Å². The molecule has 15 heteroatoms. The van der Waals surface area contributed by atoms with Crippen molar-refractivity contribution >= 4 is 39.2 Å². The van der Waals surface area contributed by atoms with Crippen molar-refractivity contribution in [2.75, 3.05) is 35.0 Å². The van der Waals surface area contributed by atoms with Crippen LogP contribution in [-0.4, -0.2) is 93.4 Å². The Morgan fingerprint density at radius 2 is 1.42 bits per heavy atom. The number of epoxide rings is 1. The van der Waals surface area contributed by atoms with Crippen LogP contribution in [0.5, 0.6) is 23.0 Å². The van der Waals surface area contributed by atoms with Gasteiger partial charge >= 0.3 is 8.56 Å². The number of Topliss-reactive ketones (excluding diaryl/α,β-unsaturated/α-hetero) is 2. The lowest BCUT2D eigenvalue weighted by molar-refractivity contribution is -0.317. The predicted octanol–water partition coefficient (Wildman–Crippen LogP) is 9.34. The summed E-state index contributed by atoms with van der Waals surface area (Å²) in [6.07, 6.45) is -4.27. The molecule has 3 saturated heterocycles. The highest BCUT2D eigenvalue weighted by molar-refractivity contribution is 6.75. The molecule has 13 nitrogen and oxygen atoms in total. The van der Waals surface area contributed by atoms with Crippen molar-refractivity contribution in [3.63, 3.8) is 0 Å². The highest BCUT2D eigenvalue weighted by Gasteiger charge is 2.84. The summed E-state index contributed by atoms with van der Waals surface area (Å²) in [4.78, 5) is 30.0. The molecule has 62 heavy (non-hydrogen) atoms. The number of methoxy groups -OCH3 is 4. The summed E-state index contributed by atoms with van der Waals surface area (Å²) >= 11 is 0. The van der Waals surface area contributed by atoms with E-state index in [1.807, 2.05) is 37.3 Å². The van der Waals surface area contributed by atoms with Crippen molar-refractivity contribution in [3.8, 4) is 23.0 Å². The van der Waals surface area contributed by atoms with Crippen LogP contribution in [0.4, 0.5) is 0 Å². The van der Waals surface area contributed by atoms with Crippen molar-refractivity contribution < 1.29 is 60.8 Å². The van der Waals surface area contributed by atoms with E-state index in [1.54, 1.807) is 14.2 Å². The first-order valence-corrected chi connectivity index (χ1v) is 26.2. The second-order valence-corrected chi connectivity index (χ2v) is 30.4. The number of hydrogen-bond acceptors (Lipinski definition) is 13. The number of fused-ring (bicyclic) bond motifs is 5. The van der Waals surface area contributed by atoms with Gasteiger partial charge in [-0.15, -0.1) is 0 Å². The largest absolute Gasteiger partial charge is 0.510 e. The van der Waals surface area contributed by atoms with Gasteiger partial charge in [-0.05, 0) is 54.4 Å². The Morgan fingerprint density at radius 3 is 1.95 bits per heavy atom. The zero-order chi connectivity index (χ0) is 45.3. The third-order valence-corrected chi connectivity index (χ3v) is 23.5. The molecule has 0 amide bonds. The highest BCUT2D eigenvalue weighted by Crippen LogP contribution is 2.66. The van der Waals surface area contributed by atoms with Crippen LogP contribution in [-0.2, 0) is 44.2 Å². The second kappa shape index (κ2) is 14.8. The van der Waals surface area contributed by atoms with Gasteiger partial charge in [0.15, 0.2) is 20.2 Å². The van der Waals surface area contributed by atoms with Gasteiger partial charge in [0.05, 0.1) is 44.5 Å². The van der Waals surface area contributed by atoms with E-state index in [2.05, 4.69) is 75.4 Å². The lowest BCUT2D eigenvalue weighted by atomic mass is 9.81. The van der Waals surface area contributed by atoms with Crippen LogP contribution in [0.1, 0.15) is 114 Å². The molecule has 4 aliphatic heterocycles. The summed E-state index contributed by atoms with van der Waals surface area (Å²) in [5.41, 5.74) is 1.93. The molecule has 0 aromatic heterocycles. The van der Waals surface area contributed by atoms with E-state index in [1.165, 1.54) is 14.2 Å². The first-order chi connectivity index (χ1) is 28.9. The third kappa shape index (κ3) is 6.38. The second-order valence-electron chi connectivity index (χ2n) is 21.0. The fourth-order valence-electron chi connectivity index (χ4n) is 10.0. The molecular weight excluding hydrogens is 829 g/mol. The number of ketones is 2. The maximum absolute atomic E-state index is 15.6. The number of benzene rings is 3. The van der Waals surface area contributed by atoms with Crippen LogP contribution in [0.15, 0.2) is 30.3 Å². The van der Waals surface area contributed by atoms with E-state index in [-0.39, 0.29) is 36.2 Å². The van der Waals surface area contributed by atoms with Crippen molar-refractivity contribution in [3.05, 3.63) is 58.1 Å². The summed E-state index contributed by atoms with van der Waals surface area (Å²) in [7, 11) is 0.101. The van der Waals surface area contributed by atoms with E-state index in [0.717, 1.165) is 16.9 Å². The molecule has 6 atom stereocenters. The molecule has 8 rings (SSSR count). The SMILES string of the molecule is COc1ccc(CO[C@H]2C[C@H](O[Si](C)(C)C(C)(C)C)C(=O)c3c2c(OC)c2cc(C)c([C@H]4O[C@]5(C(OC)OC)O[C@H]4C(=O)[C@@]54CO4)c4c2c3O[Si](C(C)(C)C)(C(C)(C)C)O4)cc1. The minimum absolute atomic E-state index is 0.117. The Bertz CT molecular complexity index is 2280. The Labute approximate surface area is 367 Å². The van der Waals surface area contributed by atoms with E-state index in [0.29, 0.717) is 44.7 Å². The fourth-order valence-corrected chi connectivity index (χ4v) is 15.8. The minimum Gasteiger partial charge on any atom is -0.510 e. The summed E-state index contributed by atoms with van der Waals surface area (Å²) in [6.45, 7) is 25.9. The predicted molar refractivity (Wildman–Crippen MR) is 236 cm³/mol. The topological polar surface area (TPSA) is 139 Å². The van der Waals surface area contributed by atoms with Gasteiger partial charge in [0, 0.05) is 47.2 Å². The van der Waals surface area contributed by atoms with E-state index in [9.17, 15) is 4.79 Å². The first kappa shape index (κ1) is 45.2. The molecule has 3 fully saturated rings. The van der Waals surface area contributed by atoms with Crippen LogP contribution in [0.3, 0.4) is 0 Å². The number of ether oxygens (including phenoxy) is 8. The van der Waals surface area contributed by atoms with Crippen LogP contribution < -0.4 is 18.3 Å². The van der Waals surface area contributed by atoms with Gasteiger partial charge in [-0.2, -0.15) is 0 Å². The number of carbonyl (C=O) groups is 2. The summed E-state index contributed by atoms with van der Waals surface area (Å²) < 4.78 is 71.7. The van der Waals surface area contributed by atoms with Gasteiger partial charge in [0.2, 0.25) is 17.7 Å². The molecule has 0 radical (unpaired) electrons. The number of aryl methyl sites for hydroxylation is 1. The van der Waals surface area contributed by atoms with Gasteiger partial charge in [0.1, 0.15) is 35.2 Å². The molecule has 1 spiro atoms. The van der Waals surface area contributed by atoms with Gasteiger partial charge in [-0.1, -0.05) is 74.4 Å². The highest BCUT2D eigenvalue weighted by atomic mass is 28.4. The van der Waals surface area contributed by atoms with Gasteiger partial charge < -0.3 is 51.2 Å². The molecule has 3 aromatic carbocycles. The van der Waals surface area contributed by atoms with Crippen LogP contribution in [0.2, 0.25) is 28.2 Å².